The first-order valence-electron chi connectivity index (χ1n) is 5.72. The van der Waals surface area contributed by atoms with E-state index in [2.05, 4.69) is 6.58 Å². The number of aliphatic hydroxyl groups excluding tert-OH is 1. The van der Waals surface area contributed by atoms with Crippen LogP contribution in [-0.2, 0) is 0 Å². The molecule has 0 aromatic carbocycles. The first-order valence-corrected chi connectivity index (χ1v) is 6.53. The second-order valence-corrected chi connectivity index (χ2v) is 5.37. The molecule has 100 valence electrons. The maximum absolute atomic E-state index is 11.1. The quantitative estimate of drug-likeness (QED) is 0.490. The van der Waals surface area contributed by atoms with Crippen molar-refractivity contribution in [3.8, 4) is 0 Å². The summed E-state index contributed by atoms with van der Waals surface area (Å²) in [5, 5.41) is 21.2. The second kappa shape index (κ2) is 5.97. The Morgan fingerprint density at radius 1 is 1.61 bits per heavy atom. The number of hydrogen-bond acceptors (Lipinski definition) is 5. The highest BCUT2D eigenvalue weighted by Gasteiger charge is 2.26. The molecule has 0 bridgehead atoms. The van der Waals surface area contributed by atoms with Gasteiger partial charge in [-0.1, -0.05) is 6.08 Å². The maximum Gasteiger partial charge on any atom is 0.304 e. The summed E-state index contributed by atoms with van der Waals surface area (Å²) in [6.07, 6.45) is 1.02. The minimum Gasteiger partial charge on any atom is -0.388 e. The zero-order valence-corrected chi connectivity index (χ0v) is 11.6. The van der Waals surface area contributed by atoms with Crippen LogP contribution >= 0.6 is 11.3 Å². The minimum atomic E-state index is -0.694. The van der Waals surface area contributed by atoms with E-state index in [0.29, 0.717) is 16.4 Å². The van der Waals surface area contributed by atoms with Gasteiger partial charge < -0.3 is 10.0 Å². The number of aliphatic hydroxyl groups is 1. The summed E-state index contributed by atoms with van der Waals surface area (Å²) in [6, 6.07) is 1.57. The molecule has 0 aliphatic rings. The van der Waals surface area contributed by atoms with Crippen molar-refractivity contribution in [2.45, 2.75) is 32.9 Å². The van der Waals surface area contributed by atoms with Gasteiger partial charge in [0.25, 0.3) is 0 Å². The fourth-order valence-corrected chi connectivity index (χ4v) is 2.80. The van der Waals surface area contributed by atoms with E-state index in [9.17, 15) is 15.2 Å². The molecule has 1 heterocycles. The van der Waals surface area contributed by atoms with Gasteiger partial charge in [0.2, 0.25) is 0 Å². The van der Waals surface area contributed by atoms with E-state index < -0.39 is 11.0 Å². The van der Waals surface area contributed by atoms with E-state index in [1.165, 1.54) is 17.4 Å². The Kier molecular flexibility index (Phi) is 4.86. The van der Waals surface area contributed by atoms with Gasteiger partial charge in [-0.25, -0.2) is 0 Å². The highest BCUT2D eigenvalue weighted by Crippen LogP contribution is 2.40. The van der Waals surface area contributed by atoms with Crippen LogP contribution in [-0.4, -0.2) is 22.6 Å². The lowest BCUT2D eigenvalue weighted by Gasteiger charge is -2.25. The summed E-state index contributed by atoms with van der Waals surface area (Å²) < 4.78 is 0. The van der Waals surface area contributed by atoms with Crippen LogP contribution in [0.4, 0.5) is 10.7 Å². The highest BCUT2D eigenvalue weighted by molar-refractivity contribution is 7.16. The molecule has 1 rings (SSSR count). The van der Waals surface area contributed by atoms with Gasteiger partial charge in [-0.15, -0.1) is 17.9 Å². The van der Waals surface area contributed by atoms with Gasteiger partial charge in [0.15, 0.2) is 5.00 Å². The monoisotopic (exact) mass is 270 g/mol. The number of nitro groups is 1. The average molecular weight is 270 g/mol. The number of hydrogen-bond donors (Lipinski definition) is 1. The largest absolute Gasteiger partial charge is 0.388 e. The van der Waals surface area contributed by atoms with Gasteiger partial charge in [0.05, 0.1) is 11.0 Å². The van der Waals surface area contributed by atoms with Crippen molar-refractivity contribution < 1.29 is 10.0 Å². The molecule has 0 fully saturated rings. The summed E-state index contributed by atoms with van der Waals surface area (Å²) in [5.74, 6) is 0. The van der Waals surface area contributed by atoms with Crippen molar-refractivity contribution in [3.05, 3.63) is 33.7 Å². The third kappa shape index (κ3) is 3.08. The number of nitrogens with zero attached hydrogens (tertiary/aromatic N) is 2. The van der Waals surface area contributed by atoms with Gasteiger partial charge in [-0.3, -0.25) is 10.1 Å². The Morgan fingerprint density at radius 3 is 2.61 bits per heavy atom. The van der Waals surface area contributed by atoms with Crippen LogP contribution in [0.1, 0.15) is 31.8 Å². The standard InChI is InChI=1S/C12H18N2O3S/c1-5-6-13(8(2)3)12-10(14(16)17)7-11(18-12)9(4)15/h5,7-9,15H,1,6H2,2-4H3/t9-/m0/s1. The molecule has 6 heteroatoms. The first kappa shape index (κ1) is 14.7. The average Bonchev–Trinajstić information content (AvgIpc) is 2.69. The van der Waals surface area contributed by atoms with Crippen LogP contribution in [0, 0.1) is 10.1 Å². The number of anilines is 1. The molecule has 1 aromatic rings. The van der Waals surface area contributed by atoms with Gasteiger partial charge in [0, 0.05) is 23.5 Å². The molecule has 0 spiro atoms. The predicted octanol–water partition coefficient (Wildman–Crippen LogP) is 3.11. The van der Waals surface area contributed by atoms with E-state index in [1.807, 2.05) is 18.7 Å². The molecule has 0 saturated heterocycles. The molecule has 1 N–H and O–H groups in total. The maximum atomic E-state index is 11.1. The molecular weight excluding hydrogens is 252 g/mol. The van der Waals surface area contributed by atoms with E-state index in [-0.39, 0.29) is 11.7 Å². The molecule has 0 aliphatic heterocycles. The van der Waals surface area contributed by atoms with E-state index in [1.54, 1.807) is 13.0 Å². The molecule has 0 radical (unpaired) electrons. The smallest absolute Gasteiger partial charge is 0.304 e. The lowest BCUT2D eigenvalue weighted by molar-refractivity contribution is -0.383. The van der Waals surface area contributed by atoms with Crippen LogP contribution in [0.25, 0.3) is 0 Å². The van der Waals surface area contributed by atoms with Crippen molar-refractivity contribution >= 4 is 22.0 Å². The third-order valence-electron chi connectivity index (χ3n) is 2.53. The topological polar surface area (TPSA) is 66.6 Å². The minimum absolute atomic E-state index is 0.0476. The first-order chi connectivity index (χ1) is 8.38. The van der Waals surface area contributed by atoms with Crippen molar-refractivity contribution in [3.63, 3.8) is 0 Å². The van der Waals surface area contributed by atoms with Gasteiger partial charge in [-0.05, 0) is 20.8 Å². The van der Waals surface area contributed by atoms with Crippen LogP contribution in [0.5, 0.6) is 0 Å². The van der Waals surface area contributed by atoms with Crippen molar-refractivity contribution in [2.75, 3.05) is 11.4 Å². The summed E-state index contributed by atoms with van der Waals surface area (Å²) in [7, 11) is 0. The number of rotatable bonds is 6. The SMILES string of the molecule is C=CCN(c1sc([C@H](C)O)cc1[N+](=O)[O-])C(C)C. The molecule has 0 amide bonds. The molecule has 1 atom stereocenters. The summed E-state index contributed by atoms with van der Waals surface area (Å²) in [4.78, 5) is 13.2. The van der Waals surface area contributed by atoms with Gasteiger partial charge in [-0.2, -0.15) is 0 Å². The highest BCUT2D eigenvalue weighted by atomic mass is 32.1. The van der Waals surface area contributed by atoms with Gasteiger partial charge >= 0.3 is 5.69 Å². The summed E-state index contributed by atoms with van der Waals surface area (Å²) in [6.45, 7) is 9.75. The zero-order valence-electron chi connectivity index (χ0n) is 10.8. The van der Waals surface area contributed by atoms with Gasteiger partial charge in [0.1, 0.15) is 0 Å². The Hall–Kier alpha value is -1.40. The normalized spacial score (nSPS) is 12.5. The van der Waals surface area contributed by atoms with Crippen molar-refractivity contribution in [1.29, 1.82) is 0 Å². The molecule has 1 aromatic heterocycles. The molecule has 0 unspecified atom stereocenters. The Morgan fingerprint density at radius 2 is 2.22 bits per heavy atom. The molecular formula is C12H18N2O3S. The third-order valence-corrected chi connectivity index (χ3v) is 3.86. The van der Waals surface area contributed by atoms with Crippen LogP contribution in [0.3, 0.4) is 0 Å². The number of thiophene rings is 1. The lowest BCUT2D eigenvalue weighted by atomic mass is 10.3. The summed E-state index contributed by atoms with van der Waals surface area (Å²) >= 11 is 1.26. The fraction of sp³-hybridized carbons (Fsp3) is 0.500. The van der Waals surface area contributed by atoms with Crippen LogP contribution in [0.2, 0.25) is 0 Å². The molecule has 0 saturated carbocycles. The fourth-order valence-electron chi connectivity index (χ4n) is 1.60. The van der Waals surface area contributed by atoms with Crippen LogP contribution in [0.15, 0.2) is 18.7 Å². The van der Waals surface area contributed by atoms with E-state index in [0.717, 1.165) is 0 Å². The van der Waals surface area contributed by atoms with Crippen molar-refractivity contribution in [2.24, 2.45) is 0 Å². The predicted molar refractivity (Wildman–Crippen MR) is 74.3 cm³/mol. The Labute approximate surface area is 111 Å². The Balaban J connectivity index is 3.26. The lowest BCUT2D eigenvalue weighted by Crippen LogP contribution is -2.30. The molecule has 18 heavy (non-hydrogen) atoms. The van der Waals surface area contributed by atoms with Crippen LogP contribution < -0.4 is 4.90 Å². The van der Waals surface area contributed by atoms with Crippen molar-refractivity contribution in [1.82, 2.24) is 0 Å². The summed E-state index contributed by atoms with van der Waals surface area (Å²) in [5.41, 5.74) is 0.0476. The second-order valence-electron chi connectivity index (χ2n) is 4.31. The molecule has 5 nitrogen and oxygen atoms in total. The molecule has 0 aliphatic carbocycles. The zero-order chi connectivity index (χ0) is 13.9. The van der Waals surface area contributed by atoms with E-state index in [4.69, 9.17) is 0 Å². The van der Waals surface area contributed by atoms with E-state index >= 15 is 0 Å². The Bertz CT molecular complexity index is 441.